The SMILES string of the molecule is C/C(=N\NC(=O)c1ccccc1N(Cc1ccccc1)S(=O)(=O)c1ccccc1)c1ccc(Cl)cc1. The zero-order chi connectivity index (χ0) is 25.5. The quantitative estimate of drug-likeness (QED) is 0.234. The summed E-state index contributed by atoms with van der Waals surface area (Å²) >= 11 is 5.95. The molecule has 1 amide bonds. The van der Waals surface area contributed by atoms with Crippen molar-refractivity contribution in [1.82, 2.24) is 5.43 Å². The smallest absolute Gasteiger partial charge is 0.267 e. The van der Waals surface area contributed by atoms with E-state index in [0.29, 0.717) is 10.7 Å². The van der Waals surface area contributed by atoms with E-state index in [1.165, 1.54) is 16.4 Å². The van der Waals surface area contributed by atoms with Gasteiger partial charge in [-0.2, -0.15) is 5.10 Å². The number of para-hydroxylation sites is 1. The third-order valence-electron chi connectivity index (χ3n) is 5.50. The van der Waals surface area contributed by atoms with Crippen LogP contribution >= 0.6 is 11.6 Å². The Bertz CT molecular complexity index is 1470. The van der Waals surface area contributed by atoms with Crippen molar-refractivity contribution >= 4 is 38.9 Å². The van der Waals surface area contributed by atoms with Gasteiger partial charge >= 0.3 is 0 Å². The summed E-state index contributed by atoms with van der Waals surface area (Å²) in [6.45, 7) is 1.81. The maximum atomic E-state index is 13.7. The Labute approximate surface area is 215 Å². The van der Waals surface area contributed by atoms with E-state index >= 15 is 0 Å². The highest BCUT2D eigenvalue weighted by Gasteiger charge is 2.28. The van der Waals surface area contributed by atoms with Crippen LogP contribution in [0.25, 0.3) is 0 Å². The van der Waals surface area contributed by atoms with Crippen LogP contribution in [0.15, 0.2) is 119 Å². The van der Waals surface area contributed by atoms with Gasteiger partial charge in [0.1, 0.15) is 0 Å². The largest absolute Gasteiger partial charge is 0.273 e. The van der Waals surface area contributed by atoms with Crippen molar-refractivity contribution in [3.8, 4) is 0 Å². The molecule has 4 aromatic rings. The molecular formula is C28H24ClN3O3S. The molecule has 36 heavy (non-hydrogen) atoms. The number of nitrogens with one attached hydrogen (secondary N) is 1. The predicted octanol–water partition coefficient (Wildman–Crippen LogP) is 5.89. The zero-order valence-corrected chi connectivity index (χ0v) is 21.1. The van der Waals surface area contributed by atoms with Gasteiger partial charge in [0.25, 0.3) is 15.9 Å². The molecule has 0 saturated carbocycles. The molecule has 6 nitrogen and oxygen atoms in total. The van der Waals surface area contributed by atoms with Gasteiger partial charge < -0.3 is 0 Å². The normalized spacial score (nSPS) is 11.7. The fourth-order valence-electron chi connectivity index (χ4n) is 3.60. The number of anilines is 1. The molecular weight excluding hydrogens is 494 g/mol. The van der Waals surface area contributed by atoms with Crippen molar-refractivity contribution in [2.75, 3.05) is 4.31 Å². The second kappa shape index (κ2) is 11.2. The molecule has 4 aromatic carbocycles. The predicted molar refractivity (Wildman–Crippen MR) is 144 cm³/mol. The third-order valence-corrected chi connectivity index (χ3v) is 7.53. The monoisotopic (exact) mass is 517 g/mol. The van der Waals surface area contributed by atoms with Gasteiger partial charge in [0.05, 0.1) is 28.4 Å². The highest BCUT2D eigenvalue weighted by Crippen LogP contribution is 2.29. The molecule has 8 heteroatoms. The van der Waals surface area contributed by atoms with Crippen LogP contribution < -0.4 is 9.73 Å². The van der Waals surface area contributed by atoms with Gasteiger partial charge in [-0.1, -0.05) is 84.4 Å². The highest BCUT2D eigenvalue weighted by atomic mass is 35.5. The lowest BCUT2D eigenvalue weighted by molar-refractivity contribution is 0.0955. The lowest BCUT2D eigenvalue weighted by Gasteiger charge is -2.26. The van der Waals surface area contributed by atoms with Crippen molar-refractivity contribution in [1.29, 1.82) is 0 Å². The van der Waals surface area contributed by atoms with E-state index in [1.54, 1.807) is 73.7 Å². The molecule has 0 fully saturated rings. The Balaban J connectivity index is 1.71. The van der Waals surface area contributed by atoms with E-state index < -0.39 is 15.9 Å². The highest BCUT2D eigenvalue weighted by molar-refractivity contribution is 7.92. The minimum Gasteiger partial charge on any atom is -0.267 e. The first kappa shape index (κ1) is 25.2. The Morgan fingerprint density at radius 2 is 1.42 bits per heavy atom. The number of carbonyl (C=O) groups is 1. The van der Waals surface area contributed by atoms with Gasteiger partial charge in [-0.3, -0.25) is 9.10 Å². The van der Waals surface area contributed by atoms with Crippen molar-refractivity contribution < 1.29 is 13.2 Å². The number of nitrogens with zero attached hydrogens (tertiary/aromatic N) is 2. The van der Waals surface area contributed by atoms with Crippen LogP contribution in [0.3, 0.4) is 0 Å². The lowest BCUT2D eigenvalue weighted by atomic mass is 10.1. The molecule has 0 bridgehead atoms. The van der Waals surface area contributed by atoms with Gasteiger partial charge in [0.15, 0.2) is 0 Å². The van der Waals surface area contributed by atoms with Crippen molar-refractivity contribution in [2.24, 2.45) is 5.10 Å². The van der Waals surface area contributed by atoms with E-state index in [9.17, 15) is 13.2 Å². The lowest BCUT2D eigenvalue weighted by Crippen LogP contribution is -2.33. The summed E-state index contributed by atoms with van der Waals surface area (Å²) in [7, 11) is -3.98. The van der Waals surface area contributed by atoms with E-state index in [2.05, 4.69) is 10.5 Å². The van der Waals surface area contributed by atoms with Gasteiger partial charge in [0.2, 0.25) is 0 Å². The van der Waals surface area contributed by atoms with Crippen LogP contribution in [-0.4, -0.2) is 20.0 Å². The summed E-state index contributed by atoms with van der Waals surface area (Å²) in [5.74, 6) is -0.528. The Morgan fingerprint density at radius 3 is 2.08 bits per heavy atom. The van der Waals surface area contributed by atoms with Crippen LogP contribution in [0.1, 0.15) is 28.4 Å². The minimum absolute atomic E-state index is 0.0510. The van der Waals surface area contributed by atoms with Gasteiger partial charge in [0, 0.05) is 5.02 Å². The van der Waals surface area contributed by atoms with E-state index in [4.69, 9.17) is 11.6 Å². The molecule has 182 valence electrons. The average molecular weight is 518 g/mol. The van der Waals surface area contributed by atoms with Crippen molar-refractivity contribution in [3.05, 3.63) is 131 Å². The van der Waals surface area contributed by atoms with Crippen LogP contribution in [0.2, 0.25) is 5.02 Å². The third kappa shape index (κ3) is 5.82. The summed E-state index contributed by atoms with van der Waals surface area (Å²) in [5, 5.41) is 4.81. The molecule has 0 atom stereocenters. The molecule has 0 saturated heterocycles. The first-order valence-electron chi connectivity index (χ1n) is 11.2. The number of halogens is 1. The number of hydrazone groups is 1. The minimum atomic E-state index is -3.98. The number of sulfonamides is 1. The van der Waals surface area contributed by atoms with Crippen LogP contribution in [0, 0.1) is 0 Å². The fourth-order valence-corrected chi connectivity index (χ4v) is 5.22. The molecule has 0 aromatic heterocycles. The summed E-state index contributed by atoms with van der Waals surface area (Å²) < 4.78 is 28.7. The summed E-state index contributed by atoms with van der Waals surface area (Å²) in [5.41, 5.74) is 5.15. The second-order valence-electron chi connectivity index (χ2n) is 7.97. The maximum absolute atomic E-state index is 13.7. The van der Waals surface area contributed by atoms with Gasteiger partial charge in [-0.25, -0.2) is 13.8 Å². The van der Waals surface area contributed by atoms with Crippen molar-refractivity contribution in [3.63, 3.8) is 0 Å². The number of hydrogen-bond donors (Lipinski definition) is 1. The number of benzene rings is 4. The molecule has 1 N–H and O–H groups in total. The molecule has 0 heterocycles. The molecule has 0 aliphatic carbocycles. The molecule has 0 unspecified atom stereocenters. The molecule has 0 aliphatic rings. The molecule has 0 radical (unpaired) electrons. The summed E-state index contributed by atoms with van der Waals surface area (Å²) in [6, 6.07) is 31.1. The van der Waals surface area contributed by atoms with Crippen LogP contribution in [-0.2, 0) is 16.6 Å². The Kier molecular flexibility index (Phi) is 7.83. The molecule has 0 spiro atoms. The van der Waals surface area contributed by atoms with E-state index in [0.717, 1.165) is 11.1 Å². The van der Waals surface area contributed by atoms with Gasteiger partial charge in [-0.15, -0.1) is 0 Å². The number of rotatable bonds is 8. The first-order valence-corrected chi connectivity index (χ1v) is 13.0. The molecule has 0 aliphatic heterocycles. The van der Waals surface area contributed by atoms with E-state index in [-0.39, 0.29) is 22.7 Å². The summed E-state index contributed by atoms with van der Waals surface area (Å²) in [6.07, 6.45) is 0. The van der Waals surface area contributed by atoms with Crippen LogP contribution in [0.5, 0.6) is 0 Å². The van der Waals surface area contributed by atoms with Gasteiger partial charge in [-0.05, 0) is 54.4 Å². The second-order valence-corrected chi connectivity index (χ2v) is 10.3. The summed E-state index contributed by atoms with van der Waals surface area (Å²) in [4.78, 5) is 13.3. The Morgan fingerprint density at radius 1 is 0.833 bits per heavy atom. The Hall–Kier alpha value is -3.94. The fraction of sp³-hybridized carbons (Fsp3) is 0.0714. The maximum Gasteiger partial charge on any atom is 0.273 e. The van der Waals surface area contributed by atoms with E-state index in [1.807, 2.05) is 30.3 Å². The standard InChI is InChI=1S/C28H24ClN3O3S/c1-21(23-16-18-24(29)19-17-23)30-31-28(33)26-14-8-9-15-27(26)32(20-22-10-4-2-5-11-22)36(34,35)25-12-6-3-7-13-25/h2-19H,20H2,1H3,(H,31,33)/b30-21+. The molecule has 4 rings (SSSR count). The first-order chi connectivity index (χ1) is 17.4. The average Bonchev–Trinajstić information content (AvgIpc) is 2.91. The number of carbonyl (C=O) groups excluding carboxylic acids is 1. The van der Waals surface area contributed by atoms with Crippen molar-refractivity contribution in [2.45, 2.75) is 18.4 Å². The number of hydrogen-bond acceptors (Lipinski definition) is 4. The number of amides is 1. The zero-order valence-electron chi connectivity index (χ0n) is 19.5. The topological polar surface area (TPSA) is 78.8 Å². The van der Waals surface area contributed by atoms with Crippen LogP contribution in [0.4, 0.5) is 5.69 Å².